The Morgan fingerprint density at radius 2 is 1.87 bits per heavy atom. The SMILES string of the molecule is COc1cccc(C2C(C#N)=C(N)Oc3cc(OC(=O)c4ccc(Br)cc4)ccc32)c1. The summed E-state index contributed by atoms with van der Waals surface area (Å²) in [5, 5.41) is 9.69. The number of benzene rings is 3. The molecule has 0 bridgehead atoms. The number of nitriles is 1. The van der Waals surface area contributed by atoms with E-state index in [2.05, 4.69) is 22.0 Å². The molecule has 1 unspecified atom stereocenters. The molecule has 0 aliphatic carbocycles. The number of fused-ring (bicyclic) bond motifs is 1. The van der Waals surface area contributed by atoms with E-state index < -0.39 is 11.9 Å². The maximum Gasteiger partial charge on any atom is 0.343 e. The second kappa shape index (κ2) is 8.54. The van der Waals surface area contributed by atoms with Crippen molar-refractivity contribution in [1.29, 1.82) is 5.26 Å². The molecule has 0 fully saturated rings. The highest BCUT2D eigenvalue weighted by atomic mass is 79.9. The molecule has 154 valence electrons. The average Bonchev–Trinajstić information content (AvgIpc) is 2.78. The summed E-state index contributed by atoms with van der Waals surface area (Å²) in [5.41, 5.74) is 8.35. The minimum absolute atomic E-state index is 0.0132. The number of carbonyl (C=O) groups excluding carboxylic acids is 1. The number of methoxy groups -OCH3 is 1. The van der Waals surface area contributed by atoms with E-state index in [1.54, 1.807) is 49.6 Å². The van der Waals surface area contributed by atoms with Gasteiger partial charge in [-0.3, -0.25) is 0 Å². The van der Waals surface area contributed by atoms with Crippen LogP contribution in [-0.4, -0.2) is 13.1 Å². The molecule has 1 aliphatic rings. The van der Waals surface area contributed by atoms with Crippen molar-refractivity contribution >= 4 is 21.9 Å². The maximum atomic E-state index is 12.4. The lowest BCUT2D eigenvalue weighted by molar-refractivity contribution is 0.0734. The van der Waals surface area contributed by atoms with Crippen molar-refractivity contribution < 1.29 is 19.0 Å². The zero-order valence-corrected chi connectivity index (χ0v) is 18.0. The molecule has 0 amide bonds. The summed E-state index contributed by atoms with van der Waals surface area (Å²) in [5.74, 6) is 0.490. The van der Waals surface area contributed by atoms with Crippen molar-refractivity contribution in [2.24, 2.45) is 5.73 Å². The number of carbonyl (C=O) groups is 1. The minimum Gasteiger partial charge on any atom is -0.497 e. The highest BCUT2D eigenvalue weighted by Gasteiger charge is 2.31. The van der Waals surface area contributed by atoms with Gasteiger partial charge in [-0.25, -0.2) is 4.79 Å². The van der Waals surface area contributed by atoms with Crippen molar-refractivity contribution in [2.45, 2.75) is 5.92 Å². The van der Waals surface area contributed by atoms with Gasteiger partial charge in [-0.05, 0) is 48.0 Å². The molecule has 1 aliphatic heterocycles. The Morgan fingerprint density at radius 1 is 1.10 bits per heavy atom. The summed E-state index contributed by atoms with van der Waals surface area (Å²) in [6, 6.07) is 21.5. The summed E-state index contributed by atoms with van der Waals surface area (Å²) in [6.45, 7) is 0. The van der Waals surface area contributed by atoms with Crippen molar-refractivity contribution in [3.05, 3.63) is 99.3 Å². The second-order valence-corrected chi connectivity index (χ2v) is 7.71. The molecule has 3 aromatic rings. The number of hydrogen-bond donors (Lipinski definition) is 1. The summed E-state index contributed by atoms with van der Waals surface area (Å²) >= 11 is 3.34. The van der Waals surface area contributed by atoms with Gasteiger partial charge in [0.2, 0.25) is 5.88 Å². The number of nitrogens with zero attached hydrogens (tertiary/aromatic N) is 1. The van der Waals surface area contributed by atoms with Gasteiger partial charge < -0.3 is 19.9 Å². The highest BCUT2D eigenvalue weighted by Crippen LogP contribution is 2.44. The van der Waals surface area contributed by atoms with Gasteiger partial charge in [0.25, 0.3) is 0 Å². The topological polar surface area (TPSA) is 94.6 Å². The number of hydrogen-bond acceptors (Lipinski definition) is 6. The number of rotatable bonds is 4. The normalized spacial score (nSPS) is 14.8. The quantitative estimate of drug-likeness (QED) is 0.425. The Morgan fingerprint density at radius 3 is 2.58 bits per heavy atom. The van der Waals surface area contributed by atoms with Crippen LogP contribution < -0.4 is 19.9 Å². The smallest absolute Gasteiger partial charge is 0.343 e. The molecule has 0 saturated heterocycles. The number of halogens is 1. The molecule has 4 rings (SSSR count). The molecule has 31 heavy (non-hydrogen) atoms. The zero-order chi connectivity index (χ0) is 22.0. The van der Waals surface area contributed by atoms with Gasteiger partial charge >= 0.3 is 5.97 Å². The van der Waals surface area contributed by atoms with Crippen LogP contribution in [-0.2, 0) is 0 Å². The Hall–Kier alpha value is -3.76. The first-order valence-corrected chi connectivity index (χ1v) is 10.1. The van der Waals surface area contributed by atoms with E-state index in [0.717, 1.165) is 15.6 Å². The van der Waals surface area contributed by atoms with Crippen LogP contribution in [0.25, 0.3) is 0 Å². The lowest BCUT2D eigenvalue weighted by atomic mass is 9.83. The van der Waals surface area contributed by atoms with Crippen molar-refractivity contribution in [2.75, 3.05) is 7.11 Å². The van der Waals surface area contributed by atoms with Crippen molar-refractivity contribution in [1.82, 2.24) is 0 Å². The number of nitrogens with two attached hydrogens (primary N) is 1. The maximum absolute atomic E-state index is 12.4. The molecule has 0 aromatic heterocycles. The third-order valence-electron chi connectivity index (χ3n) is 4.91. The molecule has 1 atom stereocenters. The predicted octanol–water partition coefficient (Wildman–Crippen LogP) is 4.90. The van der Waals surface area contributed by atoms with Gasteiger partial charge in [0.05, 0.1) is 18.6 Å². The molecule has 2 N–H and O–H groups in total. The monoisotopic (exact) mass is 476 g/mol. The fourth-order valence-corrected chi connectivity index (χ4v) is 3.68. The van der Waals surface area contributed by atoms with Crippen LogP contribution in [0.5, 0.6) is 17.2 Å². The van der Waals surface area contributed by atoms with E-state index in [1.807, 2.05) is 24.3 Å². The van der Waals surface area contributed by atoms with Crippen LogP contribution >= 0.6 is 15.9 Å². The fourth-order valence-electron chi connectivity index (χ4n) is 3.42. The first kappa shape index (κ1) is 20.5. The highest BCUT2D eigenvalue weighted by molar-refractivity contribution is 9.10. The summed E-state index contributed by atoms with van der Waals surface area (Å²) in [4.78, 5) is 12.4. The van der Waals surface area contributed by atoms with E-state index in [9.17, 15) is 10.1 Å². The van der Waals surface area contributed by atoms with Crippen LogP contribution in [0.1, 0.15) is 27.4 Å². The van der Waals surface area contributed by atoms with E-state index in [0.29, 0.717) is 28.4 Å². The Balaban J connectivity index is 1.69. The van der Waals surface area contributed by atoms with E-state index in [4.69, 9.17) is 19.9 Å². The average molecular weight is 477 g/mol. The van der Waals surface area contributed by atoms with Crippen LogP contribution in [0.15, 0.2) is 82.7 Å². The zero-order valence-electron chi connectivity index (χ0n) is 16.5. The molecular weight excluding hydrogens is 460 g/mol. The molecule has 0 saturated carbocycles. The van der Waals surface area contributed by atoms with Gasteiger partial charge in [0, 0.05) is 16.1 Å². The second-order valence-electron chi connectivity index (χ2n) is 6.80. The molecule has 3 aromatic carbocycles. The minimum atomic E-state index is -0.492. The Labute approximate surface area is 187 Å². The summed E-state index contributed by atoms with van der Waals surface area (Å²) in [6.07, 6.45) is 0. The number of allylic oxidation sites excluding steroid dienone is 1. The van der Waals surface area contributed by atoms with Crippen LogP contribution in [0, 0.1) is 11.3 Å². The predicted molar refractivity (Wildman–Crippen MR) is 118 cm³/mol. The van der Waals surface area contributed by atoms with Crippen LogP contribution in [0.2, 0.25) is 0 Å². The fraction of sp³-hybridized carbons (Fsp3) is 0.0833. The third kappa shape index (κ3) is 4.11. The molecular formula is C24H17BrN2O4. The van der Waals surface area contributed by atoms with E-state index in [-0.39, 0.29) is 5.88 Å². The van der Waals surface area contributed by atoms with E-state index >= 15 is 0 Å². The molecule has 7 heteroatoms. The lowest BCUT2D eigenvalue weighted by Crippen LogP contribution is -2.21. The van der Waals surface area contributed by atoms with Crippen molar-refractivity contribution in [3.63, 3.8) is 0 Å². The number of esters is 1. The molecule has 6 nitrogen and oxygen atoms in total. The summed E-state index contributed by atoms with van der Waals surface area (Å²) < 4.78 is 17.4. The lowest BCUT2D eigenvalue weighted by Gasteiger charge is -2.27. The van der Waals surface area contributed by atoms with Crippen LogP contribution in [0.4, 0.5) is 0 Å². The Bertz CT molecular complexity index is 1230. The molecule has 1 heterocycles. The first-order valence-electron chi connectivity index (χ1n) is 9.33. The van der Waals surface area contributed by atoms with Gasteiger partial charge in [-0.15, -0.1) is 0 Å². The standard InChI is InChI=1S/C24H17BrN2O4/c1-29-17-4-2-3-15(11-17)22-19-10-9-18(12-21(19)31-23(27)20(22)13-26)30-24(28)14-5-7-16(25)8-6-14/h2-12,22H,27H2,1H3. The van der Waals surface area contributed by atoms with E-state index in [1.165, 1.54) is 0 Å². The molecule has 0 spiro atoms. The van der Waals surface area contributed by atoms with Gasteiger partial charge in [-0.1, -0.05) is 34.1 Å². The van der Waals surface area contributed by atoms with Gasteiger partial charge in [0.1, 0.15) is 28.9 Å². The van der Waals surface area contributed by atoms with Crippen LogP contribution in [0.3, 0.4) is 0 Å². The number of ether oxygens (including phenoxy) is 3. The van der Waals surface area contributed by atoms with Gasteiger partial charge in [-0.2, -0.15) is 5.26 Å². The summed E-state index contributed by atoms with van der Waals surface area (Å²) in [7, 11) is 1.58. The molecule has 0 radical (unpaired) electrons. The third-order valence-corrected chi connectivity index (χ3v) is 5.44. The largest absolute Gasteiger partial charge is 0.497 e. The first-order chi connectivity index (χ1) is 15.0. The van der Waals surface area contributed by atoms with Gasteiger partial charge in [0.15, 0.2) is 0 Å². The van der Waals surface area contributed by atoms with Crippen molar-refractivity contribution in [3.8, 4) is 23.3 Å². The Kier molecular flexibility index (Phi) is 5.65.